The van der Waals surface area contributed by atoms with Crippen LogP contribution in [0.2, 0.25) is 0 Å². The van der Waals surface area contributed by atoms with Crippen LogP contribution in [0.4, 0.5) is 16.6 Å². The predicted molar refractivity (Wildman–Crippen MR) is 92.0 cm³/mol. The summed E-state index contributed by atoms with van der Waals surface area (Å²) in [6.45, 7) is 4.71. The van der Waals surface area contributed by atoms with Crippen molar-refractivity contribution in [1.82, 2.24) is 14.9 Å². The molecule has 2 heterocycles. The fourth-order valence-electron chi connectivity index (χ4n) is 2.53. The minimum Gasteiger partial charge on any atom is -0.450 e. The summed E-state index contributed by atoms with van der Waals surface area (Å²) < 4.78 is 5.02. The Kier molecular flexibility index (Phi) is 5.44. The van der Waals surface area contributed by atoms with Gasteiger partial charge in [-0.25, -0.2) is 9.78 Å². The molecule has 1 fully saturated rings. The van der Waals surface area contributed by atoms with E-state index in [1.807, 2.05) is 29.2 Å². The SMILES string of the molecule is CCOC(=O)N1CCN(c2nc(N)c3ccccc3n2)CC1.Cl. The molecule has 23 heavy (non-hydrogen) atoms. The highest BCUT2D eigenvalue weighted by Gasteiger charge is 2.23. The quantitative estimate of drug-likeness (QED) is 0.901. The van der Waals surface area contributed by atoms with Crippen LogP contribution in [-0.2, 0) is 4.74 Å². The summed E-state index contributed by atoms with van der Waals surface area (Å²) in [7, 11) is 0. The van der Waals surface area contributed by atoms with Crippen LogP contribution in [0.25, 0.3) is 10.9 Å². The summed E-state index contributed by atoms with van der Waals surface area (Å²) in [5.41, 5.74) is 6.85. The summed E-state index contributed by atoms with van der Waals surface area (Å²) in [6.07, 6.45) is -0.263. The lowest BCUT2D eigenvalue weighted by atomic mass is 10.2. The number of aromatic nitrogens is 2. The molecule has 0 bridgehead atoms. The van der Waals surface area contributed by atoms with Crippen LogP contribution in [0.3, 0.4) is 0 Å². The molecular weight excluding hydrogens is 318 g/mol. The van der Waals surface area contributed by atoms with Crippen LogP contribution in [0.5, 0.6) is 0 Å². The van der Waals surface area contributed by atoms with Crippen molar-refractivity contribution in [3.8, 4) is 0 Å². The molecule has 1 saturated heterocycles. The monoisotopic (exact) mass is 337 g/mol. The van der Waals surface area contributed by atoms with E-state index in [2.05, 4.69) is 9.97 Å². The Balaban J connectivity index is 0.00000192. The van der Waals surface area contributed by atoms with Gasteiger partial charge in [0.1, 0.15) is 5.82 Å². The summed E-state index contributed by atoms with van der Waals surface area (Å²) in [5.74, 6) is 1.09. The van der Waals surface area contributed by atoms with Crippen LogP contribution in [0.1, 0.15) is 6.92 Å². The lowest BCUT2D eigenvalue weighted by Gasteiger charge is -2.34. The third-order valence-corrected chi connectivity index (χ3v) is 3.71. The number of rotatable bonds is 2. The molecule has 1 amide bonds. The van der Waals surface area contributed by atoms with Gasteiger partial charge in [0.15, 0.2) is 0 Å². The van der Waals surface area contributed by atoms with Gasteiger partial charge in [-0.2, -0.15) is 4.98 Å². The van der Waals surface area contributed by atoms with Gasteiger partial charge >= 0.3 is 6.09 Å². The van der Waals surface area contributed by atoms with Crippen molar-refractivity contribution in [2.45, 2.75) is 6.92 Å². The zero-order chi connectivity index (χ0) is 15.5. The second-order valence-electron chi connectivity index (χ2n) is 5.10. The number of ether oxygens (including phenoxy) is 1. The molecule has 124 valence electrons. The normalized spacial score (nSPS) is 14.5. The molecule has 0 radical (unpaired) electrons. The molecule has 1 aromatic carbocycles. The molecule has 0 spiro atoms. The maximum Gasteiger partial charge on any atom is 0.409 e. The van der Waals surface area contributed by atoms with Crippen molar-refractivity contribution < 1.29 is 9.53 Å². The summed E-state index contributed by atoms with van der Waals surface area (Å²) in [5, 5.41) is 0.858. The Labute approximate surface area is 140 Å². The van der Waals surface area contributed by atoms with E-state index in [4.69, 9.17) is 10.5 Å². The van der Waals surface area contributed by atoms with E-state index in [9.17, 15) is 4.79 Å². The van der Waals surface area contributed by atoms with Gasteiger partial charge < -0.3 is 20.3 Å². The Morgan fingerprint density at radius 2 is 1.91 bits per heavy atom. The van der Waals surface area contributed by atoms with E-state index in [0.717, 1.165) is 10.9 Å². The molecule has 3 rings (SSSR count). The van der Waals surface area contributed by atoms with Gasteiger partial charge in [0.05, 0.1) is 12.1 Å². The molecule has 8 heteroatoms. The van der Waals surface area contributed by atoms with E-state index in [1.165, 1.54) is 0 Å². The number of fused-ring (bicyclic) bond motifs is 1. The molecular formula is C15H20ClN5O2. The van der Waals surface area contributed by atoms with Crippen LogP contribution in [0, 0.1) is 0 Å². The van der Waals surface area contributed by atoms with Gasteiger partial charge in [-0.3, -0.25) is 0 Å². The van der Waals surface area contributed by atoms with Crippen molar-refractivity contribution in [2.24, 2.45) is 0 Å². The molecule has 1 aliphatic rings. The van der Waals surface area contributed by atoms with E-state index >= 15 is 0 Å². The molecule has 0 aliphatic carbocycles. The van der Waals surface area contributed by atoms with E-state index in [1.54, 1.807) is 11.8 Å². The molecule has 7 nitrogen and oxygen atoms in total. The van der Waals surface area contributed by atoms with Crippen LogP contribution >= 0.6 is 12.4 Å². The molecule has 1 aliphatic heterocycles. The van der Waals surface area contributed by atoms with Gasteiger partial charge in [0.2, 0.25) is 5.95 Å². The average Bonchev–Trinajstić information content (AvgIpc) is 2.55. The molecule has 1 aromatic heterocycles. The largest absolute Gasteiger partial charge is 0.450 e. The van der Waals surface area contributed by atoms with Gasteiger partial charge in [0.25, 0.3) is 0 Å². The van der Waals surface area contributed by atoms with Crippen molar-refractivity contribution in [2.75, 3.05) is 43.4 Å². The van der Waals surface area contributed by atoms with Gasteiger partial charge in [-0.05, 0) is 19.1 Å². The first-order valence-electron chi connectivity index (χ1n) is 7.38. The number of benzene rings is 1. The van der Waals surface area contributed by atoms with Crippen LogP contribution in [-0.4, -0.2) is 53.7 Å². The van der Waals surface area contributed by atoms with E-state index in [0.29, 0.717) is 44.6 Å². The number of anilines is 2. The summed E-state index contributed by atoms with van der Waals surface area (Å²) in [4.78, 5) is 24.4. The maximum atomic E-state index is 11.7. The van der Waals surface area contributed by atoms with Crippen molar-refractivity contribution in [3.05, 3.63) is 24.3 Å². The number of nitrogen functional groups attached to an aromatic ring is 1. The first-order chi connectivity index (χ1) is 10.7. The first kappa shape index (κ1) is 17.1. The lowest BCUT2D eigenvalue weighted by Crippen LogP contribution is -2.49. The highest BCUT2D eigenvalue weighted by molar-refractivity contribution is 5.88. The lowest BCUT2D eigenvalue weighted by molar-refractivity contribution is 0.105. The standard InChI is InChI=1S/C15H19N5O2.ClH/c1-2-22-15(21)20-9-7-19(8-10-20)14-17-12-6-4-3-5-11(12)13(16)18-14;/h3-6H,2,7-10H2,1H3,(H2,16,17,18);1H. The van der Waals surface area contributed by atoms with Crippen molar-refractivity contribution in [3.63, 3.8) is 0 Å². The third kappa shape index (κ3) is 3.56. The number of nitrogens with zero attached hydrogens (tertiary/aromatic N) is 4. The van der Waals surface area contributed by atoms with E-state index < -0.39 is 0 Å². The second kappa shape index (κ2) is 7.32. The first-order valence-corrected chi connectivity index (χ1v) is 7.38. The van der Waals surface area contributed by atoms with Crippen molar-refractivity contribution >= 4 is 41.2 Å². The fraction of sp³-hybridized carbons (Fsp3) is 0.400. The van der Waals surface area contributed by atoms with Crippen LogP contribution in [0.15, 0.2) is 24.3 Å². The maximum absolute atomic E-state index is 11.7. The molecule has 0 saturated carbocycles. The van der Waals surface area contributed by atoms with Crippen LogP contribution < -0.4 is 10.6 Å². The Morgan fingerprint density at radius 1 is 1.22 bits per heavy atom. The number of para-hydroxylation sites is 1. The minimum absolute atomic E-state index is 0. The number of carbonyl (C=O) groups excluding carboxylic acids is 1. The number of hydrogen-bond acceptors (Lipinski definition) is 6. The second-order valence-corrected chi connectivity index (χ2v) is 5.10. The fourth-order valence-corrected chi connectivity index (χ4v) is 2.53. The van der Waals surface area contributed by atoms with Gasteiger partial charge in [-0.1, -0.05) is 12.1 Å². The van der Waals surface area contributed by atoms with Gasteiger partial charge in [0, 0.05) is 31.6 Å². The average molecular weight is 338 g/mol. The number of carbonyl (C=O) groups is 1. The zero-order valence-electron chi connectivity index (χ0n) is 12.9. The number of nitrogens with two attached hydrogens (primary N) is 1. The minimum atomic E-state index is -0.263. The topological polar surface area (TPSA) is 84.6 Å². The zero-order valence-corrected chi connectivity index (χ0v) is 13.8. The number of halogens is 1. The number of piperazine rings is 1. The van der Waals surface area contributed by atoms with E-state index in [-0.39, 0.29) is 18.5 Å². The van der Waals surface area contributed by atoms with Crippen molar-refractivity contribution in [1.29, 1.82) is 0 Å². The molecule has 0 unspecified atom stereocenters. The summed E-state index contributed by atoms with van der Waals surface area (Å²) >= 11 is 0. The third-order valence-electron chi connectivity index (χ3n) is 3.71. The Morgan fingerprint density at radius 3 is 2.61 bits per heavy atom. The van der Waals surface area contributed by atoms with Gasteiger partial charge in [-0.15, -0.1) is 12.4 Å². The molecule has 0 atom stereocenters. The Bertz CT molecular complexity index is 689. The highest BCUT2D eigenvalue weighted by atomic mass is 35.5. The predicted octanol–water partition coefficient (Wildman–Crippen LogP) is 1.91. The molecule has 2 aromatic rings. The highest BCUT2D eigenvalue weighted by Crippen LogP contribution is 2.21. The Hall–Kier alpha value is -2.28. The molecule has 2 N–H and O–H groups in total. The number of amides is 1. The number of hydrogen-bond donors (Lipinski definition) is 1. The summed E-state index contributed by atoms with van der Waals surface area (Å²) in [6, 6.07) is 7.68. The smallest absolute Gasteiger partial charge is 0.409 e.